The van der Waals surface area contributed by atoms with Gasteiger partial charge in [-0.25, -0.2) is 0 Å². The minimum absolute atomic E-state index is 0.249. The highest BCUT2D eigenvalue weighted by atomic mass is 19.4. The van der Waals surface area contributed by atoms with Crippen molar-refractivity contribution in [2.45, 2.75) is 12.2 Å². The maximum atomic E-state index is 12.8. The largest absolute Gasteiger partial charge is 0.416 e. The van der Waals surface area contributed by atoms with E-state index in [-0.39, 0.29) is 18.1 Å². The third-order valence-electron chi connectivity index (χ3n) is 4.28. The topological polar surface area (TPSA) is 50.6 Å². The first kappa shape index (κ1) is 15.6. The summed E-state index contributed by atoms with van der Waals surface area (Å²) in [6, 6.07) is 4.32. The fourth-order valence-electron chi connectivity index (χ4n) is 3.04. The minimum Gasteiger partial charge on any atom is -0.310 e. The highest BCUT2D eigenvalue weighted by Gasteiger charge is 2.39. The van der Waals surface area contributed by atoms with Crippen molar-refractivity contribution in [3.8, 4) is 6.19 Å². The Bertz CT molecular complexity index is 655. The Kier molecular flexibility index (Phi) is 3.90. The maximum absolute atomic E-state index is 12.8. The average Bonchev–Trinajstić information content (AvgIpc) is 2.54. The lowest BCUT2D eigenvalue weighted by Gasteiger charge is -2.45. The van der Waals surface area contributed by atoms with Crippen LogP contribution < -0.4 is 4.90 Å². The molecule has 2 aliphatic rings. The van der Waals surface area contributed by atoms with Gasteiger partial charge in [0.2, 0.25) is 5.91 Å². The Morgan fingerprint density at radius 3 is 2.61 bits per heavy atom. The Morgan fingerprint density at radius 1 is 1.17 bits per heavy atom. The molecule has 23 heavy (non-hydrogen) atoms. The van der Waals surface area contributed by atoms with Crippen molar-refractivity contribution in [2.75, 3.05) is 37.6 Å². The molecule has 5 nitrogen and oxygen atoms in total. The van der Waals surface area contributed by atoms with Crippen LogP contribution in [0, 0.1) is 11.5 Å². The van der Waals surface area contributed by atoms with Gasteiger partial charge in [-0.1, -0.05) is 6.07 Å². The second-order valence-corrected chi connectivity index (χ2v) is 5.64. The van der Waals surface area contributed by atoms with Crippen LogP contribution in [-0.4, -0.2) is 54.5 Å². The van der Waals surface area contributed by atoms with Crippen LogP contribution in [0.1, 0.15) is 5.56 Å². The van der Waals surface area contributed by atoms with Gasteiger partial charge in [0, 0.05) is 31.9 Å². The van der Waals surface area contributed by atoms with Gasteiger partial charge >= 0.3 is 6.18 Å². The Morgan fingerprint density at radius 2 is 1.91 bits per heavy atom. The molecule has 0 aromatic heterocycles. The van der Waals surface area contributed by atoms with Crippen molar-refractivity contribution in [1.82, 2.24) is 9.80 Å². The van der Waals surface area contributed by atoms with Crippen LogP contribution in [0.2, 0.25) is 0 Å². The number of benzene rings is 1. The average molecular weight is 324 g/mol. The molecule has 1 aromatic rings. The lowest BCUT2D eigenvalue weighted by molar-refractivity contribution is -0.137. The summed E-state index contributed by atoms with van der Waals surface area (Å²) >= 11 is 0. The molecule has 0 radical (unpaired) electrons. The van der Waals surface area contributed by atoms with Crippen molar-refractivity contribution in [3.63, 3.8) is 0 Å². The molecule has 0 bridgehead atoms. The standard InChI is InChI=1S/C15H15F3N4O/c16-15(17,18)11-2-1-3-12(8-11)22-7-6-21-5-4-20(10-19)9-13(21)14(22)23/h1-3,8,13H,4-7,9H2/t13-/m1/s1. The van der Waals surface area contributed by atoms with E-state index in [4.69, 9.17) is 5.26 Å². The summed E-state index contributed by atoms with van der Waals surface area (Å²) in [7, 11) is 0. The van der Waals surface area contributed by atoms with Gasteiger partial charge in [-0.3, -0.25) is 9.69 Å². The fourth-order valence-corrected chi connectivity index (χ4v) is 3.04. The third kappa shape index (κ3) is 2.97. The highest BCUT2D eigenvalue weighted by molar-refractivity contribution is 5.98. The molecule has 1 atom stereocenters. The van der Waals surface area contributed by atoms with Crippen molar-refractivity contribution in [2.24, 2.45) is 0 Å². The van der Waals surface area contributed by atoms with Crippen LogP contribution in [0.25, 0.3) is 0 Å². The number of fused-ring (bicyclic) bond motifs is 1. The number of anilines is 1. The lowest BCUT2D eigenvalue weighted by Crippen LogP contribution is -2.64. The number of carbonyl (C=O) groups excluding carboxylic acids is 1. The smallest absolute Gasteiger partial charge is 0.310 e. The summed E-state index contributed by atoms with van der Waals surface area (Å²) in [4.78, 5) is 17.5. The zero-order valence-electron chi connectivity index (χ0n) is 12.3. The molecule has 1 amide bonds. The van der Waals surface area contributed by atoms with Crippen molar-refractivity contribution in [3.05, 3.63) is 29.8 Å². The molecule has 0 N–H and O–H groups in total. The van der Waals surface area contributed by atoms with Gasteiger partial charge in [-0.15, -0.1) is 0 Å². The summed E-state index contributed by atoms with van der Waals surface area (Å²) in [5.74, 6) is -0.254. The normalized spacial score (nSPS) is 22.7. The van der Waals surface area contributed by atoms with Crippen LogP contribution >= 0.6 is 0 Å². The number of amides is 1. The van der Waals surface area contributed by atoms with Crippen molar-refractivity contribution < 1.29 is 18.0 Å². The fraction of sp³-hybridized carbons (Fsp3) is 0.467. The number of hydrogen-bond acceptors (Lipinski definition) is 4. The van der Waals surface area contributed by atoms with E-state index >= 15 is 0 Å². The number of piperazine rings is 2. The lowest BCUT2D eigenvalue weighted by atomic mass is 10.1. The van der Waals surface area contributed by atoms with Crippen molar-refractivity contribution in [1.29, 1.82) is 5.26 Å². The molecule has 3 rings (SSSR count). The predicted octanol–water partition coefficient (Wildman–Crippen LogP) is 1.52. The van der Waals surface area contributed by atoms with E-state index in [0.717, 1.165) is 12.1 Å². The van der Waals surface area contributed by atoms with Gasteiger partial charge in [0.15, 0.2) is 6.19 Å². The first-order valence-electron chi connectivity index (χ1n) is 7.27. The number of nitriles is 1. The van der Waals surface area contributed by atoms with E-state index in [0.29, 0.717) is 26.2 Å². The van der Waals surface area contributed by atoms with Crippen LogP contribution in [-0.2, 0) is 11.0 Å². The number of nitrogens with zero attached hydrogens (tertiary/aromatic N) is 4. The first-order valence-corrected chi connectivity index (χ1v) is 7.27. The summed E-state index contributed by atoms with van der Waals surface area (Å²) in [6.07, 6.45) is -2.41. The Hall–Kier alpha value is -2.27. The predicted molar refractivity (Wildman–Crippen MR) is 76.3 cm³/mol. The molecular weight excluding hydrogens is 309 g/mol. The van der Waals surface area contributed by atoms with E-state index in [2.05, 4.69) is 0 Å². The molecule has 2 fully saturated rings. The van der Waals surface area contributed by atoms with Gasteiger partial charge in [-0.05, 0) is 18.2 Å². The van der Waals surface area contributed by atoms with Gasteiger partial charge in [0.1, 0.15) is 6.04 Å². The Labute approximate surface area is 131 Å². The van der Waals surface area contributed by atoms with E-state index < -0.39 is 17.8 Å². The van der Waals surface area contributed by atoms with E-state index in [9.17, 15) is 18.0 Å². The van der Waals surface area contributed by atoms with Gasteiger partial charge in [0.25, 0.3) is 0 Å². The molecule has 8 heteroatoms. The molecule has 0 aliphatic carbocycles. The number of carbonyl (C=O) groups is 1. The quantitative estimate of drug-likeness (QED) is 0.735. The number of hydrogen-bond donors (Lipinski definition) is 0. The molecule has 2 aliphatic heterocycles. The third-order valence-corrected chi connectivity index (χ3v) is 4.28. The number of alkyl halides is 3. The zero-order valence-corrected chi connectivity index (χ0v) is 12.3. The first-order chi connectivity index (χ1) is 10.9. The van der Waals surface area contributed by atoms with Gasteiger partial charge in [0.05, 0.1) is 12.1 Å². The molecular formula is C15H15F3N4O. The monoisotopic (exact) mass is 324 g/mol. The zero-order chi connectivity index (χ0) is 16.6. The van der Waals surface area contributed by atoms with E-state index in [1.54, 1.807) is 0 Å². The minimum atomic E-state index is -4.44. The van der Waals surface area contributed by atoms with Crippen LogP contribution in [0.15, 0.2) is 24.3 Å². The summed E-state index contributed by atoms with van der Waals surface area (Å²) < 4.78 is 38.5. The van der Waals surface area contributed by atoms with Gasteiger partial charge < -0.3 is 9.80 Å². The Balaban J connectivity index is 1.84. The maximum Gasteiger partial charge on any atom is 0.416 e. The van der Waals surface area contributed by atoms with Crippen LogP contribution in [0.4, 0.5) is 18.9 Å². The second kappa shape index (κ2) is 5.74. The highest BCUT2D eigenvalue weighted by Crippen LogP contribution is 2.32. The SMILES string of the molecule is N#CN1CCN2CCN(c3cccc(C(F)(F)F)c3)C(=O)[C@H]2C1. The summed E-state index contributed by atoms with van der Waals surface area (Å²) in [5, 5.41) is 8.98. The van der Waals surface area contributed by atoms with Crippen LogP contribution in [0.5, 0.6) is 0 Å². The second-order valence-electron chi connectivity index (χ2n) is 5.64. The number of rotatable bonds is 1. The molecule has 0 saturated carbocycles. The number of halogens is 3. The molecule has 2 heterocycles. The molecule has 0 unspecified atom stereocenters. The molecule has 1 aromatic carbocycles. The van der Waals surface area contributed by atoms with E-state index in [1.807, 2.05) is 11.1 Å². The summed E-state index contributed by atoms with van der Waals surface area (Å²) in [6.45, 7) is 2.41. The van der Waals surface area contributed by atoms with E-state index in [1.165, 1.54) is 21.9 Å². The van der Waals surface area contributed by atoms with Crippen LogP contribution in [0.3, 0.4) is 0 Å². The molecule has 0 spiro atoms. The van der Waals surface area contributed by atoms with Gasteiger partial charge in [-0.2, -0.15) is 18.4 Å². The molecule has 122 valence electrons. The summed E-state index contributed by atoms with van der Waals surface area (Å²) in [5.41, 5.74) is -0.522. The van der Waals surface area contributed by atoms with Crippen molar-refractivity contribution >= 4 is 11.6 Å². The molecule has 2 saturated heterocycles.